The minimum Gasteiger partial charge on any atom is -0.378 e. The fourth-order valence-corrected chi connectivity index (χ4v) is 2.95. The molecule has 0 bridgehead atoms. The maximum absolute atomic E-state index is 12.0. The Hall–Kier alpha value is -2.68. The smallest absolute Gasteiger partial charge is 0.293 e. The molecule has 27 heavy (non-hydrogen) atoms. The second-order valence-electron chi connectivity index (χ2n) is 6.89. The zero-order chi connectivity index (χ0) is 20.0. The Morgan fingerprint density at radius 3 is 2.44 bits per heavy atom. The van der Waals surface area contributed by atoms with Crippen molar-refractivity contribution in [3.8, 4) is 0 Å². The highest BCUT2D eigenvalue weighted by atomic mass is 16.6. The van der Waals surface area contributed by atoms with Crippen molar-refractivity contribution < 1.29 is 14.5 Å². The minimum absolute atomic E-state index is 0.0437. The first-order valence-electron chi connectivity index (χ1n) is 9.09. The van der Waals surface area contributed by atoms with Crippen LogP contribution in [0.15, 0.2) is 18.2 Å². The predicted octanol–water partition coefficient (Wildman–Crippen LogP) is 1.31. The maximum atomic E-state index is 12.0. The van der Waals surface area contributed by atoms with Gasteiger partial charge in [-0.2, -0.15) is 0 Å². The van der Waals surface area contributed by atoms with Crippen molar-refractivity contribution in [2.45, 2.75) is 26.8 Å². The highest BCUT2D eigenvalue weighted by Crippen LogP contribution is 2.25. The summed E-state index contributed by atoms with van der Waals surface area (Å²) in [6.45, 7) is 9.48. The number of carbonyl (C=O) groups excluding carboxylic acids is 2. The number of amides is 2. The molecule has 1 fully saturated rings. The van der Waals surface area contributed by atoms with E-state index in [1.54, 1.807) is 19.1 Å². The molecule has 2 N–H and O–H groups in total. The normalized spacial score (nSPS) is 14.9. The Labute approximate surface area is 158 Å². The lowest BCUT2D eigenvalue weighted by molar-refractivity contribution is -0.384. The number of nitrogens with zero attached hydrogens (tertiary/aromatic N) is 3. The Balaban J connectivity index is 1.93. The van der Waals surface area contributed by atoms with Crippen LogP contribution in [0.4, 0.5) is 11.4 Å². The van der Waals surface area contributed by atoms with Gasteiger partial charge in [0.25, 0.3) is 11.6 Å². The summed E-state index contributed by atoms with van der Waals surface area (Å²) in [5, 5.41) is 17.2. The van der Waals surface area contributed by atoms with E-state index >= 15 is 0 Å². The molecule has 2 rings (SSSR count). The van der Waals surface area contributed by atoms with Crippen molar-refractivity contribution in [1.82, 2.24) is 15.1 Å². The van der Waals surface area contributed by atoms with Crippen molar-refractivity contribution in [3.05, 3.63) is 33.9 Å². The van der Waals surface area contributed by atoms with Crippen molar-refractivity contribution in [1.29, 1.82) is 0 Å². The lowest BCUT2D eigenvalue weighted by atomic mass is 10.1. The van der Waals surface area contributed by atoms with Crippen LogP contribution in [0, 0.1) is 10.1 Å². The average Bonchev–Trinajstić information content (AvgIpc) is 2.61. The molecule has 1 aliphatic rings. The van der Waals surface area contributed by atoms with Crippen LogP contribution >= 0.6 is 0 Å². The third kappa shape index (κ3) is 5.92. The summed E-state index contributed by atoms with van der Waals surface area (Å²) in [4.78, 5) is 38.3. The molecule has 0 atom stereocenters. The number of rotatable bonds is 7. The third-order valence-corrected chi connectivity index (χ3v) is 4.44. The first kappa shape index (κ1) is 20.6. The highest BCUT2D eigenvalue weighted by molar-refractivity contribution is 5.95. The molecule has 1 aliphatic heterocycles. The first-order chi connectivity index (χ1) is 12.8. The van der Waals surface area contributed by atoms with Gasteiger partial charge in [-0.05, 0) is 26.0 Å². The maximum Gasteiger partial charge on any atom is 0.293 e. The van der Waals surface area contributed by atoms with Gasteiger partial charge in [0.15, 0.2) is 0 Å². The van der Waals surface area contributed by atoms with Gasteiger partial charge in [-0.25, -0.2) is 0 Å². The first-order valence-corrected chi connectivity index (χ1v) is 9.09. The average molecular weight is 377 g/mol. The number of carbonyl (C=O) groups is 2. The van der Waals surface area contributed by atoms with Crippen molar-refractivity contribution >= 4 is 23.2 Å². The van der Waals surface area contributed by atoms with Crippen LogP contribution in [-0.4, -0.2) is 71.8 Å². The fraction of sp³-hybridized carbons (Fsp3) is 0.556. The number of anilines is 1. The lowest BCUT2D eigenvalue weighted by Crippen LogP contribution is -2.49. The van der Waals surface area contributed by atoms with Crippen LogP contribution in [0.25, 0.3) is 0 Å². The van der Waals surface area contributed by atoms with Crippen molar-refractivity contribution in [2.75, 3.05) is 44.6 Å². The van der Waals surface area contributed by atoms with Crippen LogP contribution in [0.3, 0.4) is 0 Å². The molecule has 0 unspecified atom stereocenters. The van der Waals surface area contributed by atoms with Gasteiger partial charge in [-0.1, -0.05) is 0 Å². The van der Waals surface area contributed by atoms with Gasteiger partial charge in [-0.3, -0.25) is 24.6 Å². The second kappa shape index (κ2) is 9.31. The van der Waals surface area contributed by atoms with E-state index in [9.17, 15) is 19.7 Å². The van der Waals surface area contributed by atoms with Gasteiger partial charge in [0.2, 0.25) is 5.91 Å². The summed E-state index contributed by atoms with van der Waals surface area (Å²) < 4.78 is 0. The Kier molecular flexibility index (Phi) is 7.12. The Morgan fingerprint density at radius 2 is 1.89 bits per heavy atom. The zero-order valence-electron chi connectivity index (χ0n) is 16.0. The number of piperazine rings is 1. The van der Waals surface area contributed by atoms with E-state index in [1.807, 2.05) is 18.7 Å². The SMILES string of the molecule is CC(=O)N1CCN(CCNc2ccc(C(=O)NC(C)C)cc2[N+](=O)[O-])CC1. The molecule has 1 saturated heterocycles. The summed E-state index contributed by atoms with van der Waals surface area (Å²) in [5.41, 5.74) is 0.539. The molecule has 0 aromatic heterocycles. The van der Waals surface area contributed by atoms with E-state index in [0.29, 0.717) is 25.3 Å². The van der Waals surface area contributed by atoms with E-state index in [2.05, 4.69) is 15.5 Å². The molecule has 9 heteroatoms. The largest absolute Gasteiger partial charge is 0.378 e. The summed E-state index contributed by atoms with van der Waals surface area (Å²) in [5.74, 6) is -0.243. The highest BCUT2D eigenvalue weighted by Gasteiger charge is 2.20. The van der Waals surface area contributed by atoms with Gasteiger partial charge in [0.05, 0.1) is 4.92 Å². The molecule has 0 radical (unpaired) electrons. The number of hydrogen-bond donors (Lipinski definition) is 2. The molecule has 0 aliphatic carbocycles. The number of benzene rings is 1. The van der Waals surface area contributed by atoms with Crippen LogP contribution in [0.5, 0.6) is 0 Å². The standard InChI is InChI=1S/C18H27N5O4/c1-13(2)20-18(25)15-4-5-16(17(12-15)23(26)27)19-6-7-21-8-10-22(11-9-21)14(3)24/h4-5,12-13,19H,6-11H2,1-3H3,(H,20,25). The second-order valence-corrected chi connectivity index (χ2v) is 6.89. The molecule has 148 valence electrons. The predicted molar refractivity (Wildman–Crippen MR) is 103 cm³/mol. The number of nitro groups is 1. The van der Waals surface area contributed by atoms with E-state index in [-0.39, 0.29) is 29.1 Å². The van der Waals surface area contributed by atoms with Gasteiger partial charge in [0.1, 0.15) is 5.69 Å². The molecule has 9 nitrogen and oxygen atoms in total. The van der Waals surface area contributed by atoms with Gasteiger partial charge >= 0.3 is 0 Å². The zero-order valence-corrected chi connectivity index (χ0v) is 16.0. The lowest BCUT2D eigenvalue weighted by Gasteiger charge is -2.34. The molecule has 1 aromatic rings. The van der Waals surface area contributed by atoms with Gasteiger partial charge in [-0.15, -0.1) is 0 Å². The Bertz CT molecular complexity index is 699. The van der Waals surface area contributed by atoms with Crippen LogP contribution < -0.4 is 10.6 Å². The summed E-state index contributed by atoms with van der Waals surface area (Å²) in [6.07, 6.45) is 0. The van der Waals surface area contributed by atoms with Crippen LogP contribution in [0.2, 0.25) is 0 Å². The van der Waals surface area contributed by atoms with E-state index in [4.69, 9.17) is 0 Å². The van der Waals surface area contributed by atoms with Gasteiger partial charge < -0.3 is 15.5 Å². The van der Waals surface area contributed by atoms with Crippen LogP contribution in [-0.2, 0) is 4.79 Å². The van der Waals surface area contributed by atoms with Gasteiger partial charge in [0, 0.05) is 63.9 Å². The quantitative estimate of drug-likeness (QED) is 0.548. The molecule has 1 aromatic carbocycles. The Morgan fingerprint density at radius 1 is 1.22 bits per heavy atom. The summed E-state index contributed by atoms with van der Waals surface area (Å²) in [7, 11) is 0. The van der Waals surface area contributed by atoms with Crippen LogP contribution in [0.1, 0.15) is 31.1 Å². The van der Waals surface area contributed by atoms with Crippen molar-refractivity contribution in [3.63, 3.8) is 0 Å². The molecule has 2 amide bonds. The van der Waals surface area contributed by atoms with E-state index in [0.717, 1.165) is 19.6 Å². The number of nitrogens with one attached hydrogen (secondary N) is 2. The molecule has 0 spiro atoms. The van der Waals surface area contributed by atoms with E-state index < -0.39 is 4.92 Å². The summed E-state index contributed by atoms with van der Waals surface area (Å²) in [6, 6.07) is 4.41. The van der Waals surface area contributed by atoms with E-state index in [1.165, 1.54) is 6.07 Å². The molecule has 1 heterocycles. The molecular formula is C18H27N5O4. The third-order valence-electron chi connectivity index (χ3n) is 4.44. The molecule has 0 saturated carbocycles. The minimum atomic E-state index is -0.486. The molecular weight excluding hydrogens is 350 g/mol. The monoisotopic (exact) mass is 377 g/mol. The number of nitro benzene ring substituents is 1. The summed E-state index contributed by atoms with van der Waals surface area (Å²) >= 11 is 0. The fourth-order valence-electron chi connectivity index (χ4n) is 2.95. The van der Waals surface area contributed by atoms with Crippen molar-refractivity contribution in [2.24, 2.45) is 0 Å². The topological polar surface area (TPSA) is 108 Å². The number of hydrogen-bond acceptors (Lipinski definition) is 6.